The van der Waals surface area contributed by atoms with E-state index in [0.717, 1.165) is 11.4 Å². The van der Waals surface area contributed by atoms with Crippen LogP contribution in [0, 0.1) is 17.0 Å². The molecule has 96 valence electrons. The molecule has 1 aromatic carbocycles. The Morgan fingerprint density at radius 1 is 1.26 bits per heavy atom. The molecule has 1 N–H and O–H groups in total. The lowest BCUT2D eigenvalue weighted by Gasteiger charge is -1.98. The van der Waals surface area contributed by atoms with Crippen molar-refractivity contribution >= 4 is 17.8 Å². The van der Waals surface area contributed by atoms with Gasteiger partial charge in [-0.15, -0.1) is 0 Å². The second-order valence-corrected chi connectivity index (χ2v) is 4.04. The number of phenolic OH excluding ortho intramolecular Hbond substituents is 1. The van der Waals surface area contributed by atoms with Crippen molar-refractivity contribution in [1.29, 1.82) is 0 Å². The fourth-order valence-corrected chi connectivity index (χ4v) is 1.64. The van der Waals surface area contributed by atoms with Gasteiger partial charge in [-0.3, -0.25) is 15.1 Å². The Morgan fingerprint density at radius 2 is 2.05 bits per heavy atom. The quantitative estimate of drug-likeness (QED) is 0.676. The van der Waals surface area contributed by atoms with Crippen molar-refractivity contribution in [3.63, 3.8) is 0 Å². The molecule has 2 rings (SSSR count). The van der Waals surface area contributed by atoms with Crippen LogP contribution in [0.4, 0.5) is 5.69 Å². The lowest BCUT2D eigenvalue weighted by atomic mass is 10.1. The van der Waals surface area contributed by atoms with Crippen LogP contribution in [0.5, 0.6) is 5.75 Å². The van der Waals surface area contributed by atoms with Gasteiger partial charge in [-0.2, -0.15) is 0 Å². The number of pyridine rings is 1. The number of hydrogen-bond acceptors (Lipinski definition) is 4. The minimum atomic E-state index is -0.620. The number of nitro groups is 1. The summed E-state index contributed by atoms with van der Waals surface area (Å²) in [6.07, 6.45) is 3.53. The number of rotatable bonds is 3. The first kappa shape index (κ1) is 12.8. The second kappa shape index (κ2) is 5.30. The SMILES string of the molecule is Cc1cccc(C=Cc2ccc([N+](=O)[O-])c(O)c2)n1. The number of aryl methyl sites for hydroxylation is 1. The second-order valence-electron chi connectivity index (χ2n) is 4.04. The van der Waals surface area contributed by atoms with Gasteiger partial charge in [-0.05, 0) is 42.8 Å². The molecule has 0 spiro atoms. The van der Waals surface area contributed by atoms with E-state index in [1.54, 1.807) is 18.2 Å². The molecule has 0 amide bonds. The molecular weight excluding hydrogens is 244 g/mol. The van der Waals surface area contributed by atoms with Gasteiger partial charge < -0.3 is 5.11 Å². The number of nitrogens with zero attached hydrogens (tertiary/aromatic N) is 2. The molecular formula is C14H12N2O3. The van der Waals surface area contributed by atoms with Crippen molar-refractivity contribution in [3.05, 3.63) is 63.5 Å². The average molecular weight is 256 g/mol. The number of aromatic hydroxyl groups is 1. The molecule has 5 nitrogen and oxygen atoms in total. The molecule has 0 aliphatic heterocycles. The summed E-state index contributed by atoms with van der Waals surface area (Å²) in [5, 5.41) is 20.1. The summed E-state index contributed by atoms with van der Waals surface area (Å²) in [5.74, 6) is -0.343. The Balaban J connectivity index is 2.24. The summed E-state index contributed by atoms with van der Waals surface area (Å²) in [7, 11) is 0. The van der Waals surface area contributed by atoms with Crippen LogP contribution in [-0.2, 0) is 0 Å². The van der Waals surface area contributed by atoms with E-state index >= 15 is 0 Å². The normalized spacial score (nSPS) is 10.8. The largest absolute Gasteiger partial charge is 0.502 e. The molecule has 0 radical (unpaired) electrons. The zero-order valence-electron chi connectivity index (χ0n) is 10.3. The average Bonchev–Trinajstić information content (AvgIpc) is 2.36. The van der Waals surface area contributed by atoms with Crippen molar-refractivity contribution in [3.8, 4) is 5.75 Å². The van der Waals surface area contributed by atoms with Crippen molar-refractivity contribution in [1.82, 2.24) is 4.98 Å². The molecule has 0 atom stereocenters. The first-order chi connectivity index (χ1) is 9.06. The number of phenols is 1. The fourth-order valence-electron chi connectivity index (χ4n) is 1.64. The van der Waals surface area contributed by atoms with Crippen LogP contribution in [0.25, 0.3) is 12.2 Å². The van der Waals surface area contributed by atoms with Gasteiger partial charge in [0.05, 0.1) is 10.6 Å². The Hall–Kier alpha value is -2.69. The maximum Gasteiger partial charge on any atom is 0.310 e. The van der Waals surface area contributed by atoms with Crippen molar-refractivity contribution < 1.29 is 10.0 Å². The van der Waals surface area contributed by atoms with Crippen LogP contribution in [0.2, 0.25) is 0 Å². The van der Waals surface area contributed by atoms with Gasteiger partial charge in [-0.25, -0.2) is 0 Å². The third-order valence-corrected chi connectivity index (χ3v) is 2.55. The van der Waals surface area contributed by atoms with Crippen LogP contribution in [0.15, 0.2) is 36.4 Å². The molecule has 0 bridgehead atoms. The number of nitro benzene ring substituents is 1. The van der Waals surface area contributed by atoms with Crippen LogP contribution in [-0.4, -0.2) is 15.0 Å². The summed E-state index contributed by atoms with van der Waals surface area (Å²) in [6.45, 7) is 1.90. The number of aromatic nitrogens is 1. The lowest BCUT2D eigenvalue weighted by Crippen LogP contribution is -1.88. The predicted octanol–water partition coefficient (Wildman–Crippen LogP) is 3.17. The molecule has 0 aliphatic carbocycles. The highest BCUT2D eigenvalue weighted by Crippen LogP contribution is 2.26. The summed E-state index contributed by atoms with van der Waals surface area (Å²) < 4.78 is 0. The third kappa shape index (κ3) is 3.16. The van der Waals surface area contributed by atoms with E-state index in [1.165, 1.54) is 12.1 Å². The van der Waals surface area contributed by atoms with E-state index in [4.69, 9.17) is 0 Å². The molecule has 0 aliphatic rings. The van der Waals surface area contributed by atoms with Crippen LogP contribution < -0.4 is 0 Å². The molecule has 1 heterocycles. The Bertz CT molecular complexity index is 651. The Labute approximate surface area is 110 Å². The van der Waals surface area contributed by atoms with Crippen LogP contribution in [0.1, 0.15) is 17.0 Å². The molecule has 19 heavy (non-hydrogen) atoms. The maximum absolute atomic E-state index is 10.6. The summed E-state index contributed by atoms with van der Waals surface area (Å²) in [4.78, 5) is 14.2. The monoisotopic (exact) mass is 256 g/mol. The Morgan fingerprint density at radius 3 is 2.68 bits per heavy atom. The smallest absolute Gasteiger partial charge is 0.310 e. The van der Waals surface area contributed by atoms with E-state index in [9.17, 15) is 15.2 Å². The molecule has 1 aromatic heterocycles. The predicted molar refractivity (Wildman–Crippen MR) is 72.7 cm³/mol. The molecule has 0 fully saturated rings. The fraction of sp³-hybridized carbons (Fsp3) is 0.0714. The number of benzene rings is 1. The van der Waals surface area contributed by atoms with E-state index in [-0.39, 0.29) is 11.4 Å². The van der Waals surface area contributed by atoms with Crippen molar-refractivity contribution in [2.75, 3.05) is 0 Å². The zero-order chi connectivity index (χ0) is 13.8. The van der Waals surface area contributed by atoms with E-state index in [2.05, 4.69) is 4.98 Å². The topological polar surface area (TPSA) is 76.3 Å². The van der Waals surface area contributed by atoms with Crippen molar-refractivity contribution in [2.45, 2.75) is 6.92 Å². The zero-order valence-corrected chi connectivity index (χ0v) is 10.3. The van der Waals surface area contributed by atoms with Gasteiger partial charge in [0, 0.05) is 11.8 Å². The highest BCUT2D eigenvalue weighted by atomic mass is 16.6. The van der Waals surface area contributed by atoms with Crippen molar-refractivity contribution in [2.24, 2.45) is 0 Å². The maximum atomic E-state index is 10.6. The molecule has 0 unspecified atom stereocenters. The van der Waals surface area contributed by atoms with E-state index in [1.807, 2.05) is 25.1 Å². The van der Waals surface area contributed by atoms with E-state index < -0.39 is 4.92 Å². The summed E-state index contributed by atoms with van der Waals surface area (Å²) in [6, 6.07) is 9.85. The first-order valence-electron chi connectivity index (χ1n) is 5.65. The van der Waals surface area contributed by atoms with Gasteiger partial charge in [0.2, 0.25) is 0 Å². The number of hydrogen-bond donors (Lipinski definition) is 1. The third-order valence-electron chi connectivity index (χ3n) is 2.55. The summed E-state index contributed by atoms with van der Waals surface area (Å²) >= 11 is 0. The van der Waals surface area contributed by atoms with Crippen LogP contribution in [0.3, 0.4) is 0 Å². The molecule has 0 saturated heterocycles. The first-order valence-corrected chi connectivity index (χ1v) is 5.65. The lowest BCUT2D eigenvalue weighted by molar-refractivity contribution is -0.385. The standard InChI is InChI=1S/C14H12N2O3/c1-10-3-2-4-12(15-10)7-5-11-6-8-13(16(18)19)14(17)9-11/h2-9,17H,1H3. The van der Waals surface area contributed by atoms with Gasteiger partial charge in [0.15, 0.2) is 5.75 Å². The highest BCUT2D eigenvalue weighted by Gasteiger charge is 2.11. The summed E-state index contributed by atoms with van der Waals surface area (Å²) in [5.41, 5.74) is 2.07. The minimum absolute atomic E-state index is 0.300. The van der Waals surface area contributed by atoms with Gasteiger partial charge >= 0.3 is 5.69 Å². The van der Waals surface area contributed by atoms with Gasteiger partial charge in [-0.1, -0.05) is 12.1 Å². The molecule has 0 saturated carbocycles. The Kier molecular flexibility index (Phi) is 3.56. The van der Waals surface area contributed by atoms with E-state index in [0.29, 0.717) is 5.56 Å². The highest BCUT2D eigenvalue weighted by molar-refractivity contribution is 5.70. The van der Waals surface area contributed by atoms with Gasteiger partial charge in [0.25, 0.3) is 0 Å². The molecule has 5 heteroatoms. The minimum Gasteiger partial charge on any atom is -0.502 e. The molecule has 2 aromatic rings. The van der Waals surface area contributed by atoms with Gasteiger partial charge in [0.1, 0.15) is 0 Å². The van der Waals surface area contributed by atoms with Crippen LogP contribution >= 0.6 is 0 Å².